The van der Waals surface area contributed by atoms with Crippen LogP contribution in [0.25, 0.3) is 0 Å². The van der Waals surface area contributed by atoms with Gasteiger partial charge in [0, 0.05) is 10.6 Å². The Morgan fingerprint density at radius 1 is 1.00 bits per heavy atom. The molecule has 0 aromatic heterocycles. The molecule has 0 spiro atoms. The van der Waals surface area contributed by atoms with E-state index in [4.69, 9.17) is 0 Å². The Bertz CT molecular complexity index is 609. The van der Waals surface area contributed by atoms with Crippen LogP contribution in [0.15, 0.2) is 53.4 Å². The van der Waals surface area contributed by atoms with Crippen molar-refractivity contribution in [1.29, 1.82) is 0 Å². The third-order valence-electron chi connectivity index (χ3n) is 3.34. The van der Waals surface area contributed by atoms with E-state index in [9.17, 15) is 4.79 Å². The van der Waals surface area contributed by atoms with Crippen LogP contribution in [0, 0.1) is 0 Å². The molecule has 0 atom stereocenters. The van der Waals surface area contributed by atoms with Crippen LogP contribution in [-0.2, 0) is 16.6 Å². The minimum absolute atomic E-state index is 0.00887. The molecule has 3 heteroatoms. The highest BCUT2D eigenvalue weighted by Gasteiger charge is 2.13. The van der Waals surface area contributed by atoms with Gasteiger partial charge in [0.25, 0.3) is 0 Å². The second-order valence-electron chi connectivity index (χ2n) is 6.22. The summed E-state index contributed by atoms with van der Waals surface area (Å²) < 4.78 is 0. The van der Waals surface area contributed by atoms with E-state index in [0.29, 0.717) is 6.42 Å². The van der Waals surface area contributed by atoms with Crippen molar-refractivity contribution in [3.05, 3.63) is 59.7 Å². The molecule has 0 saturated heterocycles. The largest absolute Gasteiger partial charge is 0.326 e. The first-order valence-electron chi connectivity index (χ1n) is 7.03. The maximum absolute atomic E-state index is 12.0. The number of thiol groups is 1. The number of hydrogen-bond acceptors (Lipinski definition) is 2. The highest BCUT2D eigenvalue weighted by Crippen LogP contribution is 2.23. The molecule has 0 fully saturated rings. The summed E-state index contributed by atoms with van der Waals surface area (Å²) in [4.78, 5) is 12.9. The van der Waals surface area contributed by atoms with Crippen LogP contribution in [0.4, 0.5) is 5.69 Å². The van der Waals surface area contributed by atoms with Crippen molar-refractivity contribution < 1.29 is 4.79 Å². The zero-order valence-corrected chi connectivity index (χ0v) is 13.6. The predicted octanol–water partition coefficient (Wildman–Crippen LogP) is 4.45. The molecule has 0 bridgehead atoms. The van der Waals surface area contributed by atoms with Gasteiger partial charge < -0.3 is 5.32 Å². The van der Waals surface area contributed by atoms with Gasteiger partial charge in [-0.3, -0.25) is 4.79 Å². The minimum atomic E-state index is -0.00887. The van der Waals surface area contributed by atoms with Crippen LogP contribution in [-0.4, -0.2) is 5.91 Å². The van der Waals surface area contributed by atoms with Crippen molar-refractivity contribution in [2.24, 2.45) is 0 Å². The van der Waals surface area contributed by atoms with E-state index in [2.05, 4.69) is 50.8 Å². The summed E-state index contributed by atoms with van der Waals surface area (Å²) in [7, 11) is 0. The number of nitrogens with one attached hydrogen (secondary N) is 1. The highest BCUT2D eigenvalue weighted by atomic mass is 32.1. The molecule has 0 radical (unpaired) electrons. The Labute approximate surface area is 132 Å². The number of hydrogen-bond donors (Lipinski definition) is 2. The Kier molecular flexibility index (Phi) is 4.73. The van der Waals surface area contributed by atoms with Crippen LogP contribution < -0.4 is 5.32 Å². The fourth-order valence-electron chi connectivity index (χ4n) is 2.06. The Morgan fingerprint density at radius 2 is 1.57 bits per heavy atom. The second-order valence-corrected chi connectivity index (χ2v) is 6.74. The maximum Gasteiger partial charge on any atom is 0.228 e. The molecule has 0 aliphatic heterocycles. The van der Waals surface area contributed by atoms with Crippen LogP contribution in [0.1, 0.15) is 31.9 Å². The van der Waals surface area contributed by atoms with Crippen molar-refractivity contribution >= 4 is 24.2 Å². The molecule has 2 nitrogen and oxygen atoms in total. The maximum atomic E-state index is 12.0. The van der Waals surface area contributed by atoms with Gasteiger partial charge in [0.2, 0.25) is 5.91 Å². The van der Waals surface area contributed by atoms with Gasteiger partial charge in [-0.25, -0.2) is 0 Å². The van der Waals surface area contributed by atoms with Gasteiger partial charge in [-0.1, -0.05) is 45.0 Å². The quantitative estimate of drug-likeness (QED) is 0.805. The average Bonchev–Trinajstić information content (AvgIpc) is 2.41. The molecule has 0 unspecified atom stereocenters. The number of amides is 1. The lowest BCUT2D eigenvalue weighted by Crippen LogP contribution is -2.15. The summed E-state index contributed by atoms with van der Waals surface area (Å²) in [6, 6.07) is 15.7. The van der Waals surface area contributed by atoms with Gasteiger partial charge in [0.1, 0.15) is 0 Å². The molecule has 1 N–H and O–H groups in total. The standard InChI is InChI=1S/C18H21NOS/c1-18(2,3)14-6-8-15(9-7-14)19-17(20)12-13-4-10-16(21)11-5-13/h4-11,21H,12H2,1-3H3,(H,19,20). The Morgan fingerprint density at radius 3 is 2.10 bits per heavy atom. The van der Waals surface area contributed by atoms with E-state index in [1.54, 1.807) is 0 Å². The van der Waals surface area contributed by atoms with E-state index in [1.807, 2.05) is 36.4 Å². The zero-order valence-electron chi connectivity index (χ0n) is 12.7. The Hall–Kier alpha value is -1.74. The number of carbonyl (C=O) groups excluding carboxylic acids is 1. The molecular formula is C18H21NOS. The number of anilines is 1. The van der Waals surface area contributed by atoms with Crippen molar-refractivity contribution in [1.82, 2.24) is 0 Å². The molecule has 21 heavy (non-hydrogen) atoms. The summed E-state index contributed by atoms with van der Waals surface area (Å²) in [6.45, 7) is 6.52. The van der Waals surface area contributed by atoms with Crippen molar-refractivity contribution in [3.63, 3.8) is 0 Å². The fraction of sp³-hybridized carbons (Fsp3) is 0.278. The lowest BCUT2D eigenvalue weighted by Gasteiger charge is -2.19. The summed E-state index contributed by atoms with van der Waals surface area (Å²) >= 11 is 4.23. The molecule has 0 aliphatic rings. The van der Waals surface area contributed by atoms with Crippen molar-refractivity contribution in [3.8, 4) is 0 Å². The van der Waals surface area contributed by atoms with E-state index < -0.39 is 0 Å². The summed E-state index contributed by atoms with van der Waals surface area (Å²) in [5.74, 6) is -0.00887. The SMILES string of the molecule is CC(C)(C)c1ccc(NC(=O)Cc2ccc(S)cc2)cc1. The minimum Gasteiger partial charge on any atom is -0.326 e. The predicted molar refractivity (Wildman–Crippen MR) is 91.2 cm³/mol. The lowest BCUT2D eigenvalue weighted by molar-refractivity contribution is -0.115. The monoisotopic (exact) mass is 299 g/mol. The Balaban J connectivity index is 1.98. The highest BCUT2D eigenvalue weighted by molar-refractivity contribution is 7.80. The summed E-state index contributed by atoms with van der Waals surface area (Å²) in [5, 5.41) is 2.93. The van der Waals surface area contributed by atoms with Gasteiger partial charge in [-0.05, 0) is 40.8 Å². The van der Waals surface area contributed by atoms with Crippen molar-refractivity contribution in [2.75, 3.05) is 5.32 Å². The van der Waals surface area contributed by atoms with Gasteiger partial charge in [0.05, 0.1) is 6.42 Å². The van der Waals surface area contributed by atoms with E-state index in [0.717, 1.165) is 16.1 Å². The van der Waals surface area contributed by atoms with Gasteiger partial charge in [0.15, 0.2) is 0 Å². The molecular weight excluding hydrogens is 278 g/mol. The van der Waals surface area contributed by atoms with E-state index in [-0.39, 0.29) is 11.3 Å². The van der Waals surface area contributed by atoms with Crippen molar-refractivity contribution in [2.45, 2.75) is 37.5 Å². The molecule has 1 amide bonds. The molecule has 2 rings (SSSR count). The van der Waals surface area contributed by atoms with E-state index >= 15 is 0 Å². The molecule has 2 aromatic carbocycles. The third kappa shape index (κ3) is 4.64. The molecule has 0 heterocycles. The first-order chi connectivity index (χ1) is 9.84. The number of carbonyl (C=O) groups is 1. The van der Waals surface area contributed by atoms with Gasteiger partial charge in [-0.2, -0.15) is 0 Å². The second kappa shape index (κ2) is 6.35. The van der Waals surface area contributed by atoms with Crippen LogP contribution >= 0.6 is 12.6 Å². The van der Waals surface area contributed by atoms with Crippen LogP contribution in [0.5, 0.6) is 0 Å². The lowest BCUT2D eigenvalue weighted by atomic mass is 9.87. The fourth-order valence-corrected chi connectivity index (χ4v) is 2.21. The normalized spacial score (nSPS) is 11.2. The number of rotatable bonds is 3. The third-order valence-corrected chi connectivity index (χ3v) is 3.63. The van der Waals surface area contributed by atoms with Gasteiger partial charge in [-0.15, -0.1) is 12.6 Å². The topological polar surface area (TPSA) is 29.1 Å². The number of benzene rings is 2. The first-order valence-corrected chi connectivity index (χ1v) is 7.47. The molecule has 110 valence electrons. The zero-order chi connectivity index (χ0) is 15.5. The average molecular weight is 299 g/mol. The van der Waals surface area contributed by atoms with Gasteiger partial charge >= 0.3 is 0 Å². The van der Waals surface area contributed by atoms with Crippen LogP contribution in [0.3, 0.4) is 0 Å². The van der Waals surface area contributed by atoms with E-state index in [1.165, 1.54) is 5.56 Å². The molecule has 2 aromatic rings. The first kappa shape index (κ1) is 15.6. The van der Waals surface area contributed by atoms with Crippen LogP contribution in [0.2, 0.25) is 0 Å². The molecule has 0 saturated carbocycles. The smallest absolute Gasteiger partial charge is 0.228 e. The molecule has 0 aliphatic carbocycles. The summed E-state index contributed by atoms with van der Waals surface area (Å²) in [6.07, 6.45) is 0.370. The summed E-state index contributed by atoms with van der Waals surface area (Å²) in [5.41, 5.74) is 3.19.